The van der Waals surface area contributed by atoms with Crippen molar-refractivity contribution in [1.29, 1.82) is 0 Å². The summed E-state index contributed by atoms with van der Waals surface area (Å²) in [5.41, 5.74) is 2.28. The lowest BCUT2D eigenvalue weighted by atomic mass is 10.1. The summed E-state index contributed by atoms with van der Waals surface area (Å²) in [4.78, 5) is 36.9. The number of amides is 2. The summed E-state index contributed by atoms with van der Waals surface area (Å²) in [7, 11) is 1.31. The summed E-state index contributed by atoms with van der Waals surface area (Å²) >= 11 is 1.60. The molecule has 3 aromatic rings. The van der Waals surface area contributed by atoms with Gasteiger partial charge in [-0.1, -0.05) is 18.2 Å². The molecule has 0 bridgehead atoms. The first kappa shape index (κ1) is 20.3. The third-order valence-electron chi connectivity index (χ3n) is 4.18. The number of rotatable bonds is 7. The molecule has 2 N–H and O–H groups in total. The molecule has 0 saturated carbocycles. The summed E-state index contributed by atoms with van der Waals surface area (Å²) in [5.74, 6) is -0.796. The van der Waals surface area contributed by atoms with Crippen LogP contribution >= 0.6 is 11.3 Å². The van der Waals surface area contributed by atoms with Gasteiger partial charge in [-0.3, -0.25) is 9.59 Å². The number of ether oxygens (including phenoxy) is 1. The molecule has 0 spiro atoms. The fourth-order valence-corrected chi connectivity index (χ4v) is 3.28. The van der Waals surface area contributed by atoms with Gasteiger partial charge in [-0.2, -0.15) is 0 Å². The lowest BCUT2D eigenvalue weighted by Crippen LogP contribution is -2.24. The standard InChI is InChI=1S/C22H20N2O4S/c1-28-22(27)17-8-6-16(7-9-17)21(26)24-18-10-4-15(5-11-18)13-20(25)23-14-19-3-2-12-29-19/h2-12H,13-14H2,1H3,(H,23,25)(H,24,26). The van der Waals surface area contributed by atoms with Crippen LogP contribution in [0.15, 0.2) is 66.0 Å². The molecule has 148 valence electrons. The van der Waals surface area contributed by atoms with Gasteiger partial charge in [0.2, 0.25) is 5.91 Å². The van der Waals surface area contributed by atoms with Crippen molar-refractivity contribution in [3.8, 4) is 0 Å². The maximum atomic E-state index is 12.3. The zero-order chi connectivity index (χ0) is 20.6. The molecule has 7 heteroatoms. The topological polar surface area (TPSA) is 84.5 Å². The van der Waals surface area contributed by atoms with Gasteiger partial charge in [-0.05, 0) is 53.4 Å². The fourth-order valence-electron chi connectivity index (χ4n) is 2.63. The van der Waals surface area contributed by atoms with Crippen LogP contribution in [0.4, 0.5) is 5.69 Å². The lowest BCUT2D eigenvalue weighted by molar-refractivity contribution is -0.120. The van der Waals surface area contributed by atoms with Crippen LogP contribution in [0.3, 0.4) is 0 Å². The van der Waals surface area contributed by atoms with Crippen LogP contribution in [0.5, 0.6) is 0 Å². The van der Waals surface area contributed by atoms with Crippen LogP contribution in [0.1, 0.15) is 31.2 Å². The number of esters is 1. The van der Waals surface area contributed by atoms with E-state index in [0.29, 0.717) is 23.4 Å². The van der Waals surface area contributed by atoms with Gasteiger partial charge in [0.1, 0.15) is 0 Å². The van der Waals surface area contributed by atoms with E-state index in [-0.39, 0.29) is 18.2 Å². The number of methoxy groups -OCH3 is 1. The second-order valence-electron chi connectivity index (χ2n) is 6.25. The van der Waals surface area contributed by atoms with Crippen molar-refractivity contribution < 1.29 is 19.1 Å². The number of nitrogens with one attached hydrogen (secondary N) is 2. The van der Waals surface area contributed by atoms with Crippen molar-refractivity contribution in [2.45, 2.75) is 13.0 Å². The highest BCUT2D eigenvalue weighted by atomic mass is 32.1. The van der Waals surface area contributed by atoms with Gasteiger partial charge in [-0.25, -0.2) is 4.79 Å². The normalized spacial score (nSPS) is 10.2. The SMILES string of the molecule is COC(=O)c1ccc(C(=O)Nc2ccc(CC(=O)NCc3cccs3)cc2)cc1. The highest BCUT2D eigenvalue weighted by molar-refractivity contribution is 7.09. The van der Waals surface area contributed by atoms with Crippen molar-refractivity contribution in [3.05, 3.63) is 87.6 Å². The number of hydrogen-bond donors (Lipinski definition) is 2. The van der Waals surface area contributed by atoms with Crippen molar-refractivity contribution in [2.75, 3.05) is 12.4 Å². The molecule has 0 atom stereocenters. The zero-order valence-corrected chi connectivity index (χ0v) is 16.6. The minimum Gasteiger partial charge on any atom is -0.465 e. The second kappa shape index (κ2) is 9.66. The van der Waals surface area contributed by atoms with Gasteiger partial charge in [0.25, 0.3) is 5.91 Å². The third kappa shape index (κ3) is 5.76. The van der Waals surface area contributed by atoms with E-state index in [2.05, 4.69) is 15.4 Å². The Morgan fingerprint density at radius 1 is 0.931 bits per heavy atom. The molecule has 2 aromatic carbocycles. The van der Waals surface area contributed by atoms with Gasteiger partial charge in [-0.15, -0.1) is 11.3 Å². The molecule has 2 amide bonds. The molecule has 0 saturated heterocycles. The van der Waals surface area contributed by atoms with Gasteiger partial charge >= 0.3 is 5.97 Å². The van der Waals surface area contributed by atoms with E-state index in [9.17, 15) is 14.4 Å². The predicted molar refractivity (Wildman–Crippen MR) is 112 cm³/mol. The number of carbonyl (C=O) groups excluding carboxylic acids is 3. The summed E-state index contributed by atoms with van der Waals surface area (Å²) in [6.45, 7) is 0.527. The molecule has 0 aliphatic rings. The van der Waals surface area contributed by atoms with Crippen LogP contribution in [-0.4, -0.2) is 24.9 Å². The van der Waals surface area contributed by atoms with E-state index in [4.69, 9.17) is 0 Å². The van der Waals surface area contributed by atoms with Crippen LogP contribution in [0.2, 0.25) is 0 Å². The van der Waals surface area contributed by atoms with E-state index >= 15 is 0 Å². The highest BCUT2D eigenvalue weighted by Gasteiger charge is 2.10. The van der Waals surface area contributed by atoms with Crippen LogP contribution in [-0.2, 0) is 22.5 Å². The van der Waals surface area contributed by atoms with Gasteiger partial charge in [0, 0.05) is 16.1 Å². The third-order valence-corrected chi connectivity index (χ3v) is 5.06. The maximum Gasteiger partial charge on any atom is 0.337 e. The largest absolute Gasteiger partial charge is 0.465 e. The first-order valence-corrected chi connectivity index (χ1v) is 9.81. The zero-order valence-electron chi connectivity index (χ0n) is 15.8. The van der Waals surface area contributed by atoms with E-state index in [1.165, 1.54) is 7.11 Å². The quantitative estimate of drug-likeness (QED) is 0.585. The molecule has 1 heterocycles. The number of benzene rings is 2. The Labute approximate surface area is 172 Å². The Morgan fingerprint density at radius 2 is 1.62 bits per heavy atom. The van der Waals surface area contributed by atoms with Gasteiger partial charge in [0.05, 0.1) is 25.6 Å². The van der Waals surface area contributed by atoms with Crippen LogP contribution in [0.25, 0.3) is 0 Å². The number of carbonyl (C=O) groups is 3. The van der Waals surface area contributed by atoms with Gasteiger partial charge in [0.15, 0.2) is 0 Å². The molecule has 0 unspecified atom stereocenters. The lowest BCUT2D eigenvalue weighted by Gasteiger charge is -2.08. The predicted octanol–water partition coefficient (Wildman–Crippen LogP) is 3.65. The number of hydrogen-bond acceptors (Lipinski definition) is 5. The van der Waals surface area contributed by atoms with E-state index in [1.807, 2.05) is 17.5 Å². The van der Waals surface area contributed by atoms with Crippen LogP contribution in [0, 0.1) is 0 Å². The van der Waals surface area contributed by atoms with E-state index in [0.717, 1.165) is 10.4 Å². The van der Waals surface area contributed by atoms with Crippen molar-refractivity contribution in [3.63, 3.8) is 0 Å². The molecule has 1 aromatic heterocycles. The Balaban J connectivity index is 1.52. The van der Waals surface area contributed by atoms with Crippen molar-refractivity contribution in [1.82, 2.24) is 5.32 Å². The second-order valence-corrected chi connectivity index (χ2v) is 7.29. The smallest absolute Gasteiger partial charge is 0.337 e. The average molecular weight is 408 g/mol. The van der Waals surface area contributed by atoms with Crippen LogP contribution < -0.4 is 10.6 Å². The monoisotopic (exact) mass is 408 g/mol. The Bertz CT molecular complexity index is 981. The fraction of sp³-hybridized carbons (Fsp3) is 0.136. The first-order chi connectivity index (χ1) is 14.0. The summed E-state index contributed by atoms with van der Waals surface area (Å²) in [5, 5.41) is 7.65. The van der Waals surface area contributed by atoms with Crippen molar-refractivity contribution >= 4 is 34.8 Å². The molecule has 0 aliphatic carbocycles. The number of anilines is 1. The van der Waals surface area contributed by atoms with Gasteiger partial charge < -0.3 is 15.4 Å². The molecule has 29 heavy (non-hydrogen) atoms. The summed E-state index contributed by atoms with van der Waals surface area (Å²) in [6, 6.07) is 17.3. The van der Waals surface area contributed by atoms with E-state index < -0.39 is 5.97 Å². The molecular formula is C22H20N2O4S. The summed E-state index contributed by atoms with van der Waals surface area (Å²) in [6.07, 6.45) is 0.272. The Morgan fingerprint density at radius 3 is 2.24 bits per heavy atom. The molecule has 0 fully saturated rings. The highest BCUT2D eigenvalue weighted by Crippen LogP contribution is 2.13. The maximum absolute atomic E-state index is 12.3. The van der Waals surface area contributed by atoms with E-state index in [1.54, 1.807) is 59.9 Å². The molecule has 0 radical (unpaired) electrons. The average Bonchev–Trinajstić information content (AvgIpc) is 3.27. The first-order valence-electron chi connectivity index (χ1n) is 8.93. The molecule has 3 rings (SSSR count). The Kier molecular flexibility index (Phi) is 6.76. The Hall–Kier alpha value is -3.45. The minimum absolute atomic E-state index is 0.0547. The number of thiophene rings is 1. The minimum atomic E-state index is -0.452. The summed E-state index contributed by atoms with van der Waals surface area (Å²) < 4.78 is 4.64. The van der Waals surface area contributed by atoms with Crippen molar-refractivity contribution in [2.24, 2.45) is 0 Å². The molecular weight excluding hydrogens is 388 g/mol. The molecule has 6 nitrogen and oxygen atoms in total. The molecule has 0 aliphatic heterocycles.